The fourth-order valence-corrected chi connectivity index (χ4v) is 1.93. The second-order valence-corrected chi connectivity index (χ2v) is 5.87. The Morgan fingerprint density at radius 1 is 1.27 bits per heavy atom. The van der Waals surface area contributed by atoms with Crippen molar-refractivity contribution in [2.24, 2.45) is 11.7 Å². The SMILES string of the molecule is CC(C)[C@H](N)C(=O)N[C@@H](C)C(=O)Nc1ccc(CO)cc1Cl. The molecule has 1 aromatic carbocycles. The van der Waals surface area contributed by atoms with Crippen molar-refractivity contribution in [2.45, 2.75) is 39.5 Å². The Morgan fingerprint density at radius 2 is 1.91 bits per heavy atom. The van der Waals surface area contributed by atoms with Gasteiger partial charge in [0.05, 0.1) is 23.4 Å². The van der Waals surface area contributed by atoms with Gasteiger partial charge in [-0.3, -0.25) is 9.59 Å². The first-order chi connectivity index (χ1) is 10.3. The van der Waals surface area contributed by atoms with Crippen LogP contribution in [0.2, 0.25) is 5.02 Å². The molecule has 0 aliphatic rings. The molecule has 0 aromatic heterocycles. The van der Waals surface area contributed by atoms with Crippen LogP contribution in [0.4, 0.5) is 5.69 Å². The molecular weight excluding hydrogens is 306 g/mol. The molecule has 1 rings (SSSR count). The molecule has 0 saturated carbocycles. The van der Waals surface area contributed by atoms with E-state index in [1.807, 2.05) is 13.8 Å². The lowest BCUT2D eigenvalue weighted by molar-refractivity contribution is -0.127. The van der Waals surface area contributed by atoms with Crippen molar-refractivity contribution in [3.05, 3.63) is 28.8 Å². The van der Waals surface area contributed by atoms with E-state index in [1.165, 1.54) is 0 Å². The highest BCUT2D eigenvalue weighted by Gasteiger charge is 2.22. The third-order valence-electron chi connectivity index (χ3n) is 3.25. The van der Waals surface area contributed by atoms with Gasteiger partial charge in [-0.1, -0.05) is 31.5 Å². The first-order valence-electron chi connectivity index (χ1n) is 7.02. The zero-order valence-corrected chi connectivity index (χ0v) is 13.6. The number of carbonyl (C=O) groups is 2. The molecule has 22 heavy (non-hydrogen) atoms. The molecule has 7 heteroatoms. The molecule has 2 atom stereocenters. The van der Waals surface area contributed by atoms with Gasteiger partial charge >= 0.3 is 0 Å². The Bertz CT molecular complexity index is 549. The van der Waals surface area contributed by atoms with Gasteiger partial charge < -0.3 is 21.5 Å². The molecule has 1 aromatic rings. The summed E-state index contributed by atoms with van der Waals surface area (Å²) in [5, 5.41) is 14.5. The van der Waals surface area contributed by atoms with E-state index in [0.29, 0.717) is 16.3 Å². The molecule has 0 radical (unpaired) electrons. The molecule has 0 aliphatic heterocycles. The zero-order chi connectivity index (χ0) is 16.9. The van der Waals surface area contributed by atoms with Gasteiger partial charge in [0.25, 0.3) is 0 Å². The van der Waals surface area contributed by atoms with Gasteiger partial charge in [0.1, 0.15) is 6.04 Å². The fraction of sp³-hybridized carbons (Fsp3) is 0.467. The Hall–Kier alpha value is -1.63. The number of benzene rings is 1. The van der Waals surface area contributed by atoms with E-state index in [-0.39, 0.29) is 18.4 Å². The van der Waals surface area contributed by atoms with E-state index >= 15 is 0 Å². The monoisotopic (exact) mass is 327 g/mol. The van der Waals surface area contributed by atoms with Crippen molar-refractivity contribution in [1.29, 1.82) is 0 Å². The average molecular weight is 328 g/mol. The van der Waals surface area contributed by atoms with Crippen molar-refractivity contribution in [2.75, 3.05) is 5.32 Å². The predicted molar refractivity (Wildman–Crippen MR) is 86.4 cm³/mol. The molecule has 0 unspecified atom stereocenters. The highest BCUT2D eigenvalue weighted by Crippen LogP contribution is 2.23. The van der Waals surface area contributed by atoms with Crippen LogP contribution in [0.5, 0.6) is 0 Å². The number of amides is 2. The van der Waals surface area contributed by atoms with Gasteiger partial charge in [0.2, 0.25) is 11.8 Å². The Labute approximate surface area is 135 Å². The molecular formula is C15H22ClN3O3. The van der Waals surface area contributed by atoms with Gasteiger partial charge in [-0.25, -0.2) is 0 Å². The topological polar surface area (TPSA) is 104 Å². The number of halogens is 1. The molecule has 0 aliphatic carbocycles. The third kappa shape index (κ3) is 4.98. The molecule has 0 saturated heterocycles. The lowest BCUT2D eigenvalue weighted by Crippen LogP contribution is -2.50. The number of nitrogens with two attached hydrogens (primary N) is 1. The number of hydrogen-bond acceptors (Lipinski definition) is 4. The summed E-state index contributed by atoms with van der Waals surface area (Å²) in [4.78, 5) is 23.9. The molecule has 122 valence electrons. The number of anilines is 1. The van der Waals surface area contributed by atoms with E-state index in [4.69, 9.17) is 22.4 Å². The maximum Gasteiger partial charge on any atom is 0.246 e. The average Bonchev–Trinajstić information content (AvgIpc) is 2.47. The molecule has 5 N–H and O–H groups in total. The van der Waals surface area contributed by atoms with Crippen molar-refractivity contribution >= 4 is 29.1 Å². The lowest BCUT2D eigenvalue weighted by Gasteiger charge is -2.19. The van der Waals surface area contributed by atoms with E-state index in [2.05, 4.69) is 10.6 Å². The van der Waals surface area contributed by atoms with Crippen LogP contribution in [0.15, 0.2) is 18.2 Å². The van der Waals surface area contributed by atoms with Gasteiger partial charge in [-0.05, 0) is 30.5 Å². The molecule has 0 bridgehead atoms. The highest BCUT2D eigenvalue weighted by molar-refractivity contribution is 6.33. The second kappa shape index (κ2) is 8.12. The predicted octanol–water partition coefficient (Wildman–Crippen LogP) is 1.26. The molecule has 0 heterocycles. The van der Waals surface area contributed by atoms with E-state index in [9.17, 15) is 9.59 Å². The Morgan fingerprint density at radius 3 is 2.41 bits per heavy atom. The Balaban J connectivity index is 2.67. The third-order valence-corrected chi connectivity index (χ3v) is 3.56. The first kappa shape index (κ1) is 18.4. The summed E-state index contributed by atoms with van der Waals surface area (Å²) >= 11 is 6.02. The fourth-order valence-electron chi connectivity index (χ4n) is 1.68. The lowest BCUT2D eigenvalue weighted by atomic mass is 10.0. The summed E-state index contributed by atoms with van der Waals surface area (Å²) in [6.45, 7) is 5.10. The van der Waals surface area contributed by atoms with Crippen LogP contribution in [0.3, 0.4) is 0 Å². The summed E-state index contributed by atoms with van der Waals surface area (Å²) < 4.78 is 0. The number of aliphatic hydroxyl groups is 1. The van der Waals surface area contributed by atoms with Crippen molar-refractivity contribution in [3.63, 3.8) is 0 Å². The number of rotatable bonds is 6. The summed E-state index contributed by atoms with van der Waals surface area (Å²) in [7, 11) is 0. The minimum Gasteiger partial charge on any atom is -0.392 e. The van der Waals surface area contributed by atoms with Crippen LogP contribution in [0.25, 0.3) is 0 Å². The zero-order valence-electron chi connectivity index (χ0n) is 12.9. The van der Waals surface area contributed by atoms with Crippen LogP contribution in [0, 0.1) is 5.92 Å². The quantitative estimate of drug-likeness (QED) is 0.631. The van der Waals surface area contributed by atoms with Gasteiger partial charge in [0, 0.05) is 0 Å². The van der Waals surface area contributed by atoms with Gasteiger partial charge in [-0.15, -0.1) is 0 Å². The summed E-state index contributed by atoms with van der Waals surface area (Å²) in [5.74, 6) is -0.793. The molecule has 0 spiro atoms. The normalized spacial score (nSPS) is 13.6. The second-order valence-electron chi connectivity index (χ2n) is 5.46. The largest absolute Gasteiger partial charge is 0.392 e. The standard InChI is InChI=1S/C15H22ClN3O3/c1-8(2)13(17)15(22)18-9(3)14(21)19-12-5-4-10(7-20)6-11(12)16/h4-6,8-9,13,20H,7,17H2,1-3H3,(H,18,22)(H,19,21)/t9-,13-/m0/s1. The first-order valence-corrected chi connectivity index (χ1v) is 7.40. The van der Waals surface area contributed by atoms with E-state index in [0.717, 1.165) is 0 Å². The molecule has 6 nitrogen and oxygen atoms in total. The summed E-state index contributed by atoms with van der Waals surface area (Å²) in [5.41, 5.74) is 6.79. The summed E-state index contributed by atoms with van der Waals surface area (Å²) in [6, 6.07) is 3.41. The van der Waals surface area contributed by atoms with E-state index < -0.39 is 18.0 Å². The Kier molecular flexibility index (Phi) is 6.80. The highest BCUT2D eigenvalue weighted by atomic mass is 35.5. The van der Waals surface area contributed by atoms with Crippen LogP contribution in [-0.4, -0.2) is 29.0 Å². The van der Waals surface area contributed by atoms with Crippen molar-refractivity contribution in [3.8, 4) is 0 Å². The number of aliphatic hydroxyl groups excluding tert-OH is 1. The van der Waals surface area contributed by atoms with Crippen LogP contribution in [-0.2, 0) is 16.2 Å². The maximum atomic E-state index is 12.1. The smallest absolute Gasteiger partial charge is 0.246 e. The minimum absolute atomic E-state index is 0.0178. The number of carbonyl (C=O) groups excluding carboxylic acids is 2. The van der Waals surface area contributed by atoms with Gasteiger partial charge in [0.15, 0.2) is 0 Å². The maximum absolute atomic E-state index is 12.1. The van der Waals surface area contributed by atoms with Crippen molar-refractivity contribution < 1.29 is 14.7 Å². The van der Waals surface area contributed by atoms with Crippen LogP contribution in [0.1, 0.15) is 26.3 Å². The number of hydrogen-bond donors (Lipinski definition) is 4. The van der Waals surface area contributed by atoms with Crippen LogP contribution >= 0.6 is 11.6 Å². The molecule has 2 amide bonds. The van der Waals surface area contributed by atoms with Gasteiger partial charge in [-0.2, -0.15) is 0 Å². The van der Waals surface area contributed by atoms with Crippen molar-refractivity contribution in [1.82, 2.24) is 5.32 Å². The minimum atomic E-state index is -0.745. The van der Waals surface area contributed by atoms with E-state index in [1.54, 1.807) is 25.1 Å². The number of nitrogens with one attached hydrogen (secondary N) is 2. The summed E-state index contributed by atoms with van der Waals surface area (Å²) in [6.07, 6.45) is 0. The van der Waals surface area contributed by atoms with Crippen LogP contribution < -0.4 is 16.4 Å². The molecule has 0 fully saturated rings.